The standard InChI is InChI=1S/C24H56Si3/c1-13-19(7)25(20(8)14-2)27(23(11)17-5,24(12)18-6)26(21(9)15-3)22(10)16-4/h19-26H,13-18H2,1-12H3. The van der Waals surface area contributed by atoms with Crippen LogP contribution in [0.25, 0.3) is 0 Å². The minimum atomic E-state index is -1.32. The van der Waals surface area contributed by atoms with Gasteiger partial charge >= 0.3 is 0 Å². The third-order valence-electron chi connectivity index (χ3n) is 9.11. The molecule has 0 heterocycles. The van der Waals surface area contributed by atoms with Crippen molar-refractivity contribution in [2.75, 3.05) is 0 Å². The van der Waals surface area contributed by atoms with Crippen LogP contribution in [0, 0.1) is 0 Å². The summed E-state index contributed by atoms with van der Waals surface area (Å²) < 4.78 is 0. The van der Waals surface area contributed by atoms with Gasteiger partial charge in [-0.15, -0.1) is 0 Å². The fraction of sp³-hybridized carbons (Fsp3) is 1.00. The molecule has 0 saturated carbocycles. The fourth-order valence-corrected chi connectivity index (χ4v) is 63.0. The summed E-state index contributed by atoms with van der Waals surface area (Å²) in [6.07, 6.45) is 8.64. The first-order chi connectivity index (χ1) is 12.6. The van der Waals surface area contributed by atoms with Crippen LogP contribution >= 0.6 is 0 Å². The van der Waals surface area contributed by atoms with Gasteiger partial charge in [-0.1, -0.05) is 155 Å². The molecule has 0 aromatic carbocycles. The SMILES string of the molecule is CCC(C)[SiH](C(C)CC)[Si](C(C)CC)(C(C)CC)[SiH](C(C)CC)C(C)CC. The summed E-state index contributed by atoms with van der Waals surface area (Å²) in [6.45, 7) is 31.3. The molecule has 0 aromatic heterocycles. The molecule has 0 saturated heterocycles. The summed E-state index contributed by atoms with van der Waals surface area (Å²) >= 11 is 0. The van der Waals surface area contributed by atoms with Crippen molar-refractivity contribution in [3.05, 3.63) is 0 Å². The first-order valence-corrected chi connectivity index (χ1v) is 21.1. The predicted octanol–water partition coefficient (Wildman–Crippen LogP) is 8.85. The smallest absolute Gasteiger partial charge is 0.0421 e. The van der Waals surface area contributed by atoms with Crippen LogP contribution in [0.1, 0.15) is 122 Å². The molecule has 0 fully saturated rings. The molecular weight excluding hydrogens is 373 g/mol. The van der Waals surface area contributed by atoms with E-state index in [0.717, 1.165) is 33.2 Å². The van der Waals surface area contributed by atoms with Crippen molar-refractivity contribution in [2.45, 2.75) is 155 Å². The van der Waals surface area contributed by atoms with Crippen LogP contribution in [0.15, 0.2) is 0 Å². The highest BCUT2D eigenvalue weighted by Gasteiger charge is 2.58. The molecule has 0 aliphatic heterocycles. The van der Waals surface area contributed by atoms with E-state index in [4.69, 9.17) is 0 Å². The highest BCUT2D eigenvalue weighted by atomic mass is 29.6. The summed E-state index contributed by atoms with van der Waals surface area (Å²) in [6, 6.07) is 0. The average Bonchev–Trinajstić information content (AvgIpc) is 2.70. The molecule has 0 bridgehead atoms. The monoisotopic (exact) mass is 428 g/mol. The Bertz CT molecular complexity index is 328. The first kappa shape index (κ1) is 27.7. The molecule has 0 rings (SSSR count). The zero-order valence-electron chi connectivity index (χ0n) is 21.4. The summed E-state index contributed by atoms with van der Waals surface area (Å²) in [5, 5.41) is 0. The van der Waals surface area contributed by atoms with Crippen molar-refractivity contribution in [3.63, 3.8) is 0 Å². The predicted molar refractivity (Wildman–Crippen MR) is 138 cm³/mol. The van der Waals surface area contributed by atoms with E-state index in [0.29, 0.717) is 0 Å². The van der Waals surface area contributed by atoms with Gasteiger partial charge in [0.05, 0.1) is 0 Å². The van der Waals surface area contributed by atoms with Gasteiger partial charge < -0.3 is 0 Å². The van der Waals surface area contributed by atoms with Crippen molar-refractivity contribution in [1.82, 2.24) is 0 Å². The third kappa shape index (κ3) is 5.84. The van der Waals surface area contributed by atoms with E-state index < -0.39 is 23.7 Å². The van der Waals surface area contributed by atoms with Crippen LogP contribution in [-0.2, 0) is 0 Å². The van der Waals surface area contributed by atoms with E-state index in [1.54, 1.807) is 0 Å². The maximum atomic E-state index is 2.74. The van der Waals surface area contributed by atoms with Gasteiger partial charge in [0.25, 0.3) is 0 Å². The minimum Gasteiger partial charge on any atom is -0.0654 e. The molecule has 0 aliphatic carbocycles. The van der Waals surface area contributed by atoms with Gasteiger partial charge in [-0.2, -0.15) is 0 Å². The zero-order valence-corrected chi connectivity index (χ0v) is 24.7. The van der Waals surface area contributed by atoms with Crippen LogP contribution < -0.4 is 0 Å². The molecule has 6 atom stereocenters. The van der Waals surface area contributed by atoms with Crippen molar-refractivity contribution in [1.29, 1.82) is 0 Å². The lowest BCUT2D eigenvalue weighted by atomic mass is 10.3. The number of hydrogen-bond donors (Lipinski definition) is 0. The van der Waals surface area contributed by atoms with Crippen molar-refractivity contribution < 1.29 is 0 Å². The third-order valence-corrected chi connectivity index (χ3v) is 50.0. The van der Waals surface area contributed by atoms with E-state index in [1.807, 2.05) is 0 Å². The quantitative estimate of drug-likeness (QED) is 0.242. The van der Waals surface area contributed by atoms with E-state index in [9.17, 15) is 0 Å². The van der Waals surface area contributed by atoms with Crippen molar-refractivity contribution in [3.8, 4) is 0 Å². The molecule has 27 heavy (non-hydrogen) atoms. The van der Waals surface area contributed by atoms with Crippen molar-refractivity contribution in [2.24, 2.45) is 0 Å². The molecular formula is C24H56Si3. The normalized spacial score (nSPS) is 23.6. The Morgan fingerprint density at radius 1 is 0.444 bits per heavy atom. The highest BCUT2D eigenvalue weighted by Crippen LogP contribution is 2.52. The van der Waals surface area contributed by atoms with E-state index >= 15 is 0 Å². The lowest BCUT2D eigenvalue weighted by Gasteiger charge is -2.58. The van der Waals surface area contributed by atoms with E-state index in [-0.39, 0.29) is 0 Å². The first-order valence-electron chi connectivity index (χ1n) is 12.6. The van der Waals surface area contributed by atoms with Crippen molar-refractivity contribution >= 4 is 23.7 Å². The van der Waals surface area contributed by atoms with Gasteiger partial charge in [0.1, 0.15) is 0 Å². The maximum Gasteiger partial charge on any atom is 0.0421 e. The van der Waals surface area contributed by atoms with Gasteiger partial charge in [0.15, 0.2) is 0 Å². The molecule has 0 aliphatic rings. The molecule has 6 unspecified atom stereocenters. The lowest BCUT2D eigenvalue weighted by Crippen LogP contribution is -2.71. The molecule has 0 nitrogen and oxygen atoms in total. The van der Waals surface area contributed by atoms with Gasteiger partial charge in [0.2, 0.25) is 0 Å². The van der Waals surface area contributed by atoms with E-state index in [2.05, 4.69) is 83.1 Å². The Kier molecular flexibility index (Phi) is 13.4. The zero-order chi connectivity index (χ0) is 21.4. The Hall–Kier alpha value is 0.651. The summed E-state index contributed by atoms with van der Waals surface area (Å²) in [5.74, 6) is 0. The van der Waals surface area contributed by atoms with Gasteiger partial charge in [-0.3, -0.25) is 0 Å². The fourth-order valence-electron chi connectivity index (χ4n) is 6.84. The largest absolute Gasteiger partial charge is 0.0654 e. The second-order valence-corrected chi connectivity index (χ2v) is 32.8. The van der Waals surface area contributed by atoms with Crippen LogP contribution in [-0.4, -0.2) is 23.7 Å². The Morgan fingerprint density at radius 2 is 0.667 bits per heavy atom. The van der Waals surface area contributed by atoms with Gasteiger partial charge in [-0.25, -0.2) is 0 Å². The highest BCUT2D eigenvalue weighted by molar-refractivity contribution is 7.61. The molecule has 3 heteroatoms. The Balaban J connectivity index is 6.97. The maximum absolute atomic E-state index is 2.74. The molecule has 0 radical (unpaired) electrons. The van der Waals surface area contributed by atoms with Crippen LogP contribution in [0.5, 0.6) is 0 Å². The second kappa shape index (κ2) is 13.1. The second-order valence-electron chi connectivity index (χ2n) is 10.2. The molecule has 0 amide bonds. The minimum absolute atomic E-state index is 0.821. The van der Waals surface area contributed by atoms with Gasteiger partial charge in [-0.05, 0) is 0 Å². The number of hydrogen-bond acceptors (Lipinski definition) is 0. The Morgan fingerprint density at radius 3 is 0.815 bits per heavy atom. The topological polar surface area (TPSA) is 0 Å². The van der Waals surface area contributed by atoms with Crippen LogP contribution in [0.4, 0.5) is 0 Å². The summed E-state index contributed by atoms with van der Waals surface area (Å²) in [5.41, 5.74) is 6.25. The van der Waals surface area contributed by atoms with E-state index in [1.165, 1.54) is 38.5 Å². The van der Waals surface area contributed by atoms with Crippen LogP contribution in [0.3, 0.4) is 0 Å². The molecule has 0 N–H and O–H groups in total. The Labute approximate surface area is 178 Å². The van der Waals surface area contributed by atoms with Crippen LogP contribution in [0.2, 0.25) is 33.2 Å². The summed E-state index contributed by atoms with van der Waals surface area (Å²) in [4.78, 5) is 0. The molecule has 0 spiro atoms. The number of rotatable bonds is 14. The molecule has 0 aromatic rings. The average molecular weight is 429 g/mol. The lowest BCUT2D eigenvalue weighted by molar-refractivity contribution is 0.739. The summed E-state index contributed by atoms with van der Waals surface area (Å²) in [7, 11) is -2.96. The molecule has 164 valence electrons. The van der Waals surface area contributed by atoms with Gasteiger partial charge in [0, 0.05) is 23.7 Å².